The number of amides is 1. The molecule has 4 N–H and O–H groups in total. The Morgan fingerprint density at radius 2 is 2.05 bits per heavy atom. The maximum Gasteiger partial charge on any atom is 0.339 e. The van der Waals surface area contributed by atoms with Crippen LogP contribution in [0, 0.1) is 0 Å². The number of carboxylic acids is 1. The van der Waals surface area contributed by atoms with E-state index in [9.17, 15) is 14.7 Å². The van der Waals surface area contributed by atoms with Gasteiger partial charge >= 0.3 is 5.97 Å². The first-order valence-corrected chi connectivity index (χ1v) is 5.86. The van der Waals surface area contributed by atoms with Crippen molar-refractivity contribution in [1.82, 2.24) is 14.8 Å². The van der Waals surface area contributed by atoms with Gasteiger partial charge in [0, 0.05) is 13.2 Å². The minimum Gasteiger partial charge on any atom is -0.478 e. The summed E-state index contributed by atoms with van der Waals surface area (Å²) in [7, 11) is 1.69. The van der Waals surface area contributed by atoms with Crippen LogP contribution >= 0.6 is 0 Å². The average molecular weight is 277 g/mol. The number of fused-ring (bicyclic) bond motifs is 1. The van der Waals surface area contributed by atoms with E-state index in [0.717, 1.165) is 0 Å². The minimum atomic E-state index is -1.15. The van der Waals surface area contributed by atoms with Crippen molar-refractivity contribution in [3.05, 3.63) is 18.0 Å². The lowest BCUT2D eigenvalue weighted by Crippen LogP contribution is -2.45. The fourth-order valence-electron chi connectivity index (χ4n) is 1.77. The Bertz CT molecular complexity index is 704. The number of hydrogen-bond donors (Lipinski definition) is 3. The van der Waals surface area contributed by atoms with E-state index in [-0.39, 0.29) is 11.3 Å². The number of pyridine rings is 1. The van der Waals surface area contributed by atoms with Gasteiger partial charge in [-0.25, -0.2) is 9.78 Å². The lowest BCUT2D eigenvalue weighted by Gasteiger charge is -2.25. The summed E-state index contributed by atoms with van der Waals surface area (Å²) in [5.41, 5.74) is 4.95. The number of primary amides is 1. The molecule has 0 radical (unpaired) electrons. The van der Waals surface area contributed by atoms with E-state index in [4.69, 9.17) is 5.73 Å². The number of carbonyl (C=O) groups is 2. The molecule has 0 spiro atoms. The highest BCUT2D eigenvalue weighted by Crippen LogP contribution is 2.28. The molecule has 0 unspecified atom stereocenters. The molecule has 8 heteroatoms. The average Bonchev–Trinajstić information content (AvgIpc) is 2.71. The van der Waals surface area contributed by atoms with Gasteiger partial charge in [-0.1, -0.05) is 0 Å². The van der Waals surface area contributed by atoms with Crippen molar-refractivity contribution in [3.63, 3.8) is 0 Å². The molecule has 8 nitrogen and oxygen atoms in total. The molecule has 0 fully saturated rings. The Kier molecular flexibility index (Phi) is 3.09. The van der Waals surface area contributed by atoms with E-state index in [2.05, 4.69) is 15.4 Å². The van der Waals surface area contributed by atoms with Gasteiger partial charge in [0.2, 0.25) is 5.91 Å². The summed E-state index contributed by atoms with van der Waals surface area (Å²) in [4.78, 5) is 26.8. The first kappa shape index (κ1) is 13.8. The van der Waals surface area contributed by atoms with Crippen LogP contribution in [0.3, 0.4) is 0 Å². The summed E-state index contributed by atoms with van der Waals surface area (Å²) in [6.45, 7) is 3.15. The molecule has 0 saturated carbocycles. The molecule has 0 aliphatic carbocycles. The van der Waals surface area contributed by atoms with E-state index in [1.165, 1.54) is 17.1 Å². The molecule has 2 aromatic rings. The van der Waals surface area contributed by atoms with Gasteiger partial charge in [0.15, 0.2) is 5.65 Å². The molecular formula is C12H15N5O3. The zero-order valence-electron chi connectivity index (χ0n) is 11.3. The number of nitrogens with two attached hydrogens (primary N) is 1. The number of anilines is 1. The summed E-state index contributed by atoms with van der Waals surface area (Å²) < 4.78 is 1.52. The Morgan fingerprint density at radius 1 is 1.40 bits per heavy atom. The normalized spacial score (nSPS) is 11.6. The minimum absolute atomic E-state index is 0.0418. The zero-order chi connectivity index (χ0) is 15.1. The van der Waals surface area contributed by atoms with Crippen molar-refractivity contribution >= 4 is 28.6 Å². The summed E-state index contributed by atoms with van der Waals surface area (Å²) >= 11 is 0. The lowest BCUT2D eigenvalue weighted by atomic mass is 10.0. The number of hydrogen-bond acceptors (Lipinski definition) is 5. The molecule has 0 aliphatic heterocycles. The van der Waals surface area contributed by atoms with Crippen molar-refractivity contribution in [2.24, 2.45) is 12.8 Å². The highest BCUT2D eigenvalue weighted by atomic mass is 16.4. The fraction of sp³-hybridized carbons (Fsp3) is 0.333. The maximum absolute atomic E-state index is 11.4. The SMILES string of the molecule is Cn1ncc2c(NC(C)(C)C(N)=O)c(C(=O)O)cnc21. The standard InChI is InChI=1S/C12H15N5O3/c1-12(2,11(13)20)16-8-6-5-15-17(3)9(6)14-4-7(8)10(18)19/h4-5H,1-3H3,(H2,13,20)(H,14,16)(H,18,19). The molecule has 0 aliphatic rings. The number of nitrogens with zero attached hydrogens (tertiary/aromatic N) is 3. The molecule has 2 aromatic heterocycles. The van der Waals surface area contributed by atoms with Crippen LogP contribution in [0.25, 0.3) is 11.0 Å². The number of carboxylic acid groups (broad SMARTS) is 1. The van der Waals surface area contributed by atoms with E-state index in [0.29, 0.717) is 11.0 Å². The number of carbonyl (C=O) groups excluding carboxylic acids is 1. The van der Waals surface area contributed by atoms with Crippen molar-refractivity contribution < 1.29 is 14.7 Å². The predicted octanol–water partition coefficient (Wildman–Crippen LogP) is 0.342. The van der Waals surface area contributed by atoms with Crippen LogP contribution in [0.2, 0.25) is 0 Å². The quantitative estimate of drug-likeness (QED) is 0.740. The fourth-order valence-corrected chi connectivity index (χ4v) is 1.77. The lowest BCUT2D eigenvalue weighted by molar-refractivity contribution is -0.121. The summed E-state index contributed by atoms with van der Waals surface area (Å²) in [5.74, 6) is -1.74. The third kappa shape index (κ3) is 2.15. The van der Waals surface area contributed by atoms with Gasteiger partial charge < -0.3 is 16.2 Å². The van der Waals surface area contributed by atoms with Crippen molar-refractivity contribution in [2.45, 2.75) is 19.4 Å². The molecule has 20 heavy (non-hydrogen) atoms. The third-order valence-corrected chi connectivity index (χ3v) is 3.05. The predicted molar refractivity (Wildman–Crippen MR) is 72.4 cm³/mol. The van der Waals surface area contributed by atoms with Crippen LogP contribution in [-0.4, -0.2) is 37.3 Å². The van der Waals surface area contributed by atoms with E-state index >= 15 is 0 Å². The molecule has 2 rings (SSSR count). The monoisotopic (exact) mass is 277 g/mol. The van der Waals surface area contributed by atoms with Crippen LogP contribution in [0.15, 0.2) is 12.4 Å². The van der Waals surface area contributed by atoms with Crippen molar-refractivity contribution in [3.8, 4) is 0 Å². The number of aryl methyl sites for hydroxylation is 1. The van der Waals surface area contributed by atoms with Gasteiger partial charge in [-0.15, -0.1) is 0 Å². The van der Waals surface area contributed by atoms with Crippen molar-refractivity contribution in [2.75, 3.05) is 5.32 Å². The largest absolute Gasteiger partial charge is 0.478 e. The van der Waals surface area contributed by atoms with Crippen LogP contribution in [-0.2, 0) is 11.8 Å². The van der Waals surface area contributed by atoms with Gasteiger partial charge in [-0.2, -0.15) is 5.10 Å². The van der Waals surface area contributed by atoms with Crippen molar-refractivity contribution in [1.29, 1.82) is 0 Å². The molecule has 1 amide bonds. The van der Waals surface area contributed by atoms with Gasteiger partial charge in [0.05, 0.1) is 17.3 Å². The third-order valence-electron chi connectivity index (χ3n) is 3.05. The number of aromatic carboxylic acids is 1. The zero-order valence-corrected chi connectivity index (χ0v) is 11.3. The van der Waals surface area contributed by atoms with Crippen LogP contribution in [0.4, 0.5) is 5.69 Å². The number of nitrogens with one attached hydrogen (secondary N) is 1. The van der Waals surface area contributed by atoms with Gasteiger partial charge in [-0.05, 0) is 13.8 Å². The molecule has 0 saturated heterocycles. The van der Waals surface area contributed by atoms with Crippen LogP contribution < -0.4 is 11.1 Å². The number of aromatic nitrogens is 3. The van der Waals surface area contributed by atoms with Gasteiger partial charge in [-0.3, -0.25) is 9.48 Å². The summed E-state index contributed by atoms with van der Waals surface area (Å²) in [5, 5.41) is 16.7. The van der Waals surface area contributed by atoms with E-state index < -0.39 is 17.4 Å². The molecule has 106 valence electrons. The van der Waals surface area contributed by atoms with Crippen LogP contribution in [0.1, 0.15) is 24.2 Å². The second-order valence-corrected chi connectivity index (χ2v) is 4.97. The Hall–Kier alpha value is -2.64. The first-order chi connectivity index (χ1) is 9.24. The highest BCUT2D eigenvalue weighted by Gasteiger charge is 2.28. The first-order valence-electron chi connectivity index (χ1n) is 5.86. The Morgan fingerprint density at radius 3 is 2.60 bits per heavy atom. The molecule has 0 atom stereocenters. The van der Waals surface area contributed by atoms with Crippen LogP contribution in [0.5, 0.6) is 0 Å². The molecule has 0 bridgehead atoms. The van der Waals surface area contributed by atoms with E-state index in [1.807, 2.05) is 0 Å². The Balaban J connectivity index is 2.67. The second kappa shape index (κ2) is 4.48. The van der Waals surface area contributed by atoms with E-state index in [1.54, 1.807) is 20.9 Å². The number of rotatable bonds is 4. The maximum atomic E-state index is 11.4. The smallest absolute Gasteiger partial charge is 0.339 e. The summed E-state index contributed by atoms with van der Waals surface area (Å²) in [6.07, 6.45) is 2.72. The molecular weight excluding hydrogens is 262 g/mol. The highest BCUT2D eigenvalue weighted by molar-refractivity contribution is 6.04. The summed E-state index contributed by atoms with van der Waals surface area (Å²) in [6, 6.07) is 0. The molecule has 2 heterocycles. The topological polar surface area (TPSA) is 123 Å². The van der Waals surface area contributed by atoms with Gasteiger partial charge in [0.1, 0.15) is 11.1 Å². The Labute approximate surface area is 114 Å². The molecule has 0 aromatic carbocycles. The second-order valence-electron chi connectivity index (χ2n) is 4.97. The van der Waals surface area contributed by atoms with Gasteiger partial charge in [0.25, 0.3) is 0 Å².